The maximum Gasteiger partial charge on any atom is 0.285 e. The van der Waals surface area contributed by atoms with E-state index in [9.17, 15) is 4.79 Å². The van der Waals surface area contributed by atoms with E-state index in [4.69, 9.17) is 16.3 Å². The molecule has 2 N–H and O–H groups in total. The molecule has 6 nitrogen and oxygen atoms in total. The molecular formula is C8H11ClN4O2. The first kappa shape index (κ1) is 10.4. The van der Waals surface area contributed by atoms with Crippen molar-refractivity contribution in [2.24, 2.45) is 0 Å². The molecule has 82 valence electrons. The van der Waals surface area contributed by atoms with Crippen molar-refractivity contribution in [2.45, 2.75) is 0 Å². The van der Waals surface area contributed by atoms with E-state index >= 15 is 0 Å². The molecule has 0 unspecified atom stereocenters. The van der Waals surface area contributed by atoms with Gasteiger partial charge in [0.05, 0.1) is 25.1 Å². The van der Waals surface area contributed by atoms with Gasteiger partial charge in [0.2, 0.25) is 0 Å². The molecule has 1 fully saturated rings. The fourth-order valence-corrected chi connectivity index (χ4v) is 1.44. The largest absolute Gasteiger partial charge is 0.379 e. The highest BCUT2D eigenvalue weighted by molar-refractivity contribution is 6.32. The van der Waals surface area contributed by atoms with Crippen LogP contribution in [0.4, 0.5) is 5.69 Å². The van der Waals surface area contributed by atoms with Gasteiger partial charge < -0.3 is 10.2 Å². The lowest BCUT2D eigenvalue weighted by Gasteiger charge is -2.27. The van der Waals surface area contributed by atoms with Gasteiger partial charge in [-0.15, -0.1) is 0 Å². The number of halogens is 1. The van der Waals surface area contributed by atoms with Crippen LogP contribution in [0.3, 0.4) is 0 Å². The minimum Gasteiger partial charge on any atom is -0.379 e. The molecule has 1 aliphatic heterocycles. The van der Waals surface area contributed by atoms with E-state index in [0.29, 0.717) is 18.9 Å². The van der Waals surface area contributed by atoms with Crippen LogP contribution in [0.25, 0.3) is 0 Å². The van der Waals surface area contributed by atoms with Gasteiger partial charge in [0.25, 0.3) is 5.56 Å². The van der Waals surface area contributed by atoms with Crippen molar-refractivity contribution < 1.29 is 4.74 Å². The fourth-order valence-electron chi connectivity index (χ4n) is 1.31. The van der Waals surface area contributed by atoms with E-state index < -0.39 is 5.56 Å². The second kappa shape index (κ2) is 4.61. The molecule has 15 heavy (non-hydrogen) atoms. The molecule has 0 saturated carbocycles. The lowest BCUT2D eigenvalue weighted by molar-refractivity contribution is 0.0497. The number of morpholine rings is 1. The summed E-state index contributed by atoms with van der Waals surface area (Å²) < 4.78 is 5.19. The summed E-state index contributed by atoms with van der Waals surface area (Å²) in [4.78, 5) is 11.1. The fraction of sp³-hybridized carbons (Fsp3) is 0.500. The zero-order valence-corrected chi connectivity index (χ0v) is 8.75. The summed E-state index contributed by atoms with van der Waals surface area (Å²) in [6.45, 7) is 2.84. The normalized spacial score (nSPS) is 17.7. The number of nitrogens with zero attached hydrogens (tertiary/aromatic N) is 2. The van der Waals surface area contributed by atoms with Gasteiger partial charge in [-0.2, -0.15) is 5.10 Å². The molecule has 0 aromatic carbocycles. The molecule has 1 aliphatic rings. The van der Waals surface area contributed by atoms with Crippen molar-refractivity contribution >= 4 is 17.3 Å². The summed E-state index contributed by atoms with van der Waals surface area (Å²) in [5, 5.41) is 7.98. The average molecular weight is 231 g/mol. The number of hydrazine groups is 1. The number of hydrogen-bond donors (Lipinski definition) is 2. The number of anilines is 1. The maximum absolute atomic E-state index is 11.1. The van der Waals surface area contributed by atoms with Crippen LogP contribution < -0.4 is 11.0 Å². The van der Waals surface area contributed by atoms with Gasteiger partial charge in [0.1, 0.15) is 5.02 Å². The quantitative estimate of drug-likeness (QED) is 0.753. The molecule has 1 aromatic rings. The maximum atomic E-state index is 11.1. The Bertz CT molecular complexity index is 388. The molecule has 0 atom stereocenters. The van der Waals surface area contributed by atoms with Crippen molar-refractivity contribution in [1.29, 1.82) is 0 Å². The summed E-state index contributed by atoms with van der Waals surface area (Å²) in [5.74, 6) is 0. The lowest BCUT2D eigenvalue weighted by Crippen LogP contribution is -2.40. The smallest absolute Gasteiger partial charge is 0.285 e. The predicted octanol–water partition coefficient (Wildman–Crippen LogP) is 0.0824. The SMILES string of the molecule is O=c1[nH]ncc(NN2CCOCC2)c1Cl. The number of ether oxygens (including phenoxy) is 1. The van der Waals surface area contributed by atoms with Gasteiger partial charge in [0.15, 0.2) is 0 Å². The van der Waals surface area contributed by atoms with Crippen molar-refractivity contribution in [2.75, 3.05) is 31.7 Å². The summed E-state index contributed by atoms with van der Waals surface area (Å²) in [5.41, 5.74) is 3.15. The second-order valence-corrected chi connectivity index (χ2v) is 3.52. The minimum absolute atomic E-state index is 0.122. The Labute approximate surface area is 91.2 Å². The highest BCUT2D eigenvalue weighted by Crippen LogP contribution is 2.15. The third kappa shape index (κ3) is 2.47. The summed E-state index contributed by atoms with van der Waals surface area (Å²) >= 11 is 5.81. The molecule has 0 radical (unpaired) electrons. The Hall–Kier alpha value is -1.11. The van der Waals surface area contributed by atoms with Gasteiger partial charge >= 0.3 is 0 Å². The summed E-state index contributed by atoms with van der Waals surface area (Å²) in [6.07, 6.45) is 1.49. The van der Waals surface area contributed by atoms with Gasteiger partial charge in [-0.1, -0.05) is 11.6 Å². The summed E-state index contributed by atoms with van der Waals surface area (Å²) in [7, 11) is 0. The Morgan fingerprint density at radius 2 is 2.27 bits per heavy atom. The van der Waals surface area contributed by atoms with Gasteiger partial charge in [-0.25, -0.2) is 10.1 Å². The molecule has 0 spiro atoms. The molecule has 0 amide bonds. The van der Waals surface area contributed by atoms with Gasteiger partial charge in [-0.05, 0) is 0 Å². The molecular weight excluding hydrogens is 220 g/mol. The zero-order chi connectivity index (χ0) is 10.7. The van der Waals surface area contributed by atoms with Crippen molar-refractivity contribution in [3.63, 3.8) is 0 Å². The average Bonchev–Trinajstić information content (AvgIpc) is 2.26. The number of rotatable bonds is 2. The predicted molar refractivity (Wildman–Crippen MR) is 55.9 cm³/mol. The van der Waals surface area contributed by atoms with E-state index in [0.717, 1.165) is 13.1 Å². The minimum atomic E-state index is -0.394. The van der Waals surface area contributed by atoms with E-state index in [1.165, 1.54) is 6.20 Å². The van der Waals surface area contributed by atoms with Crippen molar-refractivity contribution in [3.05, 3.63) is 21.6 Å². The molecule has 2 rings (SSSR count). The first-order valence-corrected chi connectivity index (χ1v) is 4.97. The van der Waals surface area contributed by atoms with E-state index in [-0.39, 0.29) is 5.02 Å². The molecule has 7 heteroatoms. The number of aromatic nitrogens is 2. The van der Waals surface area contributed by atoms with Gasteiger partial charge in [-0.3, -0.25) is 4.79 Å². The zero-order valence-electron chi connectivity index (χ0n) is 7.99. The Morgan fingerprint density at radius 1 is 1.53 bits per heavy atom. The first-order chi connectivity index (χ1) is 7.27. The number of H-pyrrole nitrogens is 1. The topological polar surface area (TPSA) is 70.2 Å². The Kier molecular flexibility index (Phi) is 3.20. The highest BCUT2D eigenvalue weighted by atomic mass is 35.5. The monoisotopic (exact) mass is 230 g/mol. The van der Waals surface area contributed by atoms with Crippen molar-refractivity contribution in [3.8, 4) is 0 Å². The number of aromatic amines is 1. The molecule has 2 heterocycles. The number of hydrogen-bond acceptors (Lipinski definition) is 5. The molecule has 1 aromatic heterocycles. The standard InChI is InChI=1S/C8H11ClN4O2/c9-7-6(5-10-11-8(7)14)12-13-1-3-15-4-2-13/h5H,1-4H2,(H2,11,12,14). The van der Waals surface area contributed by atoms with Crippen LogP contribution >= 0.6 is 11.6 Å². The van der Waals surface area contributed by atoms with Gasteiger partial charge in [0, 0.05) is 13.1 Å². The molecule has 0 aliphatic carbocycles. The Morgan fingerprint density at radius 3 is 3.00 bits per heavy atom. The first-order valence-electron chi connectivity index (χ1n) is 4.60. The Balaban J connectivity index is 2.09. The summed E-state index contributed by atoms with van der Waals surface area (Å²) in [6, 6.07) is 0. The molecule has 1 saturated heterocycles. The third-order valence-corrected chi connectivity index (χ3v) is 2.46. The lowest BCUT2D eigenvalue weighted by atomic mass is 10.4. The van der Waals surface area contributed by atoms with Crippen LogP contribution in [-0.2, 0) is 4.74 Å². The number of nitrogens with one attached hydrogen (secondary N) is 2. The van der Waals surface area contributed by atoms with Crippen LogP contribution in [0.2, 0.25) is 5.02 Å². The molecule has 0 bridgehead atoms. The van der Waals surface area contributed by atoms with Crippen LogP contribution in [0.15, 0.2) is 11.0 Å². The highest BCUT2D eigenvalue weighted by Gasteiger charge is 2.12. The van der Waals surface area contributed by atoms with E-state index in [1.54, 1.807) is 0 Å². The van der Waals surface area contributed by atoms with Crippen LogP contribution in [0, 0.1) is 0 Å². The van der Waals surface area contributed by atoms with Crippen LogP contribution in [0.5, 0.6) is 0 Å². The van der Waals surface area contributed by atoms with Crippen LogP contribution in [-0.4, -0.2) is 41.5 Å². The van der Waals surface area contributed by atoms with E-state index in [1.807, 2.05) is 5.01 Å². The van der Waals surface area contributed by atoms with Crippen molar-refractivity contribution in [1.82, 2.24) is 15.2 Å². The third-order valence-electron chi connectivity index (χ3n) is 2.09. The second-order valence-electron chi connectivity index (χ2n) is 3.14. The van der Waals surface area contributed by atoms with E-state index in [2.05, 4.69) is 15.6 Å². The van der Waals surface area contributed by atoms with Crippen LogP contribution in [0.1, 0.15) is 0 Å².